The molecule has 0 bridgehead atoms. The maximum absolute atomic E-state index is 13.1. The van der Waals surface area contributed by atoms with Crippen LogP contribution in [0.5, 0.6) is 0 Å². The molecule has 2 aliphatic rings. The van der Waals surface area contributed by atoms with Crippen molar-refractivity contribution in [1.29, 1.82) is 0 Å². The maximum atomic E-state index is 13.1. The van der Waals surface area contributed by atoms with Crippen LogP contribution in [-0.4, -0.2) is 79.2 Å². The van der Waals surface area contributed by atoms with E-state index in [4.69, 9.17) is 19.9 Å². The molecule has 12 nitrogen and oxygen atoms in total. The van der Waals surface area contributed by atoms with E-state index in [0.717, 1.165) is 10.7 Å². The topological polar surface area (TPSA) is 151 Å². The molecule has 0 spiro atoms. The van der Waals surface area contributed by atoms with Crippen molar-refractivity contribution in [1.82, 2.24) is 24.5 Å². The number of nitrogens with zero attached hydrogens (tertiary/aromatic N) is 5. The van der Waals surface area contributed by atoms with Crippen molar-refractivity contribution < 1.29 is 28.6 Å². The standard InChI is InChI=1S/C22H28N6O6S2/c1-11-6-14(28-21(24-11)25-13(26-28)7-32-5)35-8-12-9-36-18-15(23)17(29)27(18)16(12)19(30)33-10-34-20(31)22(2,3)4/h6,15,18H,7-10,23H2,1-5H3/t15?,18-/m0/s1. The summed E-state index contributed by atoms with van der Waals surface area (Å²) in [6, 6.07) is 1.19. The van der Waals surface area contributed by atoms with E-state index in [1.807, 2.05) is 13.0 Å². The van der Waals surface area contributed by atoms with Gasteiger partial charge in [0.25, 0.3) is 5.78 Å². The lowest BCUT2D eigenvalue weighted by Crippen LogP contribution is -2.68. The Morgan fingerprint density at radius 2 is 2.03 bits per heavy atom. The van der Waals surface area contributed by atoms with Crippen LogP contribution in [0.1, 0.15) is 32.3 Å². The van der Waals surface area contributed by atoms with E-state index in [2.05, 4.69) is 15.1 Å². The molecule has 0 aromatic carbocycles. The number of aryl methyl sites for hydroxylation is 1. The van der Waals surface area contributed by atoms with Gasteiger partial charge in [0, 0.05) is 24.3 Å². The maximum Gasteiger partial charge on any atom is 0.357 e. The van der Waals surface area contributed by atoms with Crippen LogP contribution in [0, 0.1) is 12.3 Å². The minimum absolute atomic E-state index is 0.144. The molecular formula is C22H28N6O6S2. The molecule has 0 radical (unpaired) electrons. The van der Waals surface area contributed by atoms with Crippen LogP contribution in [0.3, 0.4) is 0 Å². The number of aromatic nitrogens is 4. The van der Waals surface area contributed by atoms with Crippen molar-refractivity contribution in [3.05, 3.63) is 28.9 Å². The van der Waals surface area contributed by atoms with Gasteiger partial charge in [-0.2, -0.15) is 9.50 Å². The molecule has 194 valence electrons. The first-order valence-electron chi connectivity index (χ1n) is 11.1. The third-order valence-corrected chi connectivity index (χ3v) is 7.83. The molecule has 2 aliphatic heterocycles. The number of thioether (sulfide) groups is 2. The first-order valence-corrected chi connectivity index (χ1v) is 13.2. The molecule has 2 aromatic rings. The molecule has 1 fully saturated rings. The number of esters is 2. The highest BCUT2D eigenvalue weighted by atomic mass is 32.2. The zero-order chi connectivity index (χ0) is 26.2. The number of ether oxygens (including phenoxy) is 3. The highest BCUT2D eigenvalue weighted by Gasteiger charge is 2.52. The molecule has 1 amide bonds. The molecule has 1 unspecified atom stereocenters. The predicted molar refractivity (Wildman–Crippen MR) is 132 cm³/mol. The van der Waals surface area contributed by atoms with Gasteiger partial charge in [0.05, 0.1) is 5.41 Å². The van der Waals surface area contributed by atoms with Crippen LogP contribution in [0.15, 0.2) is 22.4 Å². The Bertz CT molecular complexity index is 1240. The largest absolute Gasteiger partial charge is 0.427 e. The minimum atomic E-state index is -0.739. The van der Waals surface area contributed by atoms with Crippen LogP contribution in [-0.2, 0) is 35.2 Å². The molecule has 4 rings (SSSR count). The van der Waals surface area contributed by atoms with E-state index < -0.39 is 30.2 Å². The summed E-state index contributed by atoms with van der Waals surface area (Å²) in [5.41, 5.74) is 6.82. The number of β-lactam (4-membered cyclic amide) rings is 1. The van der Waals surface area contributed by atoms with Crippen LogP contribution in [0.2, 0.25) is 0 Å². The third kappa shape index (κ3) is 5.21. The van der Waals surface area contributed by atoms with Crippen LogP contribution in [0.25, 0.3) is 5.78 Å². The summed E-state index contributed by atoms with van der Waals surface area (Å²) >= 11 is 2.92. The SMILES string of the molecule is COCc1nc2nc(C)cc(SCC3=C(C(=O)OCOC(=O)C(C)(C)C)N4C(=O)C(N)[C@@H]4SC3)n2n1. The lowest BCUT2D eigenvalue weighted by molar-refractivity contribution is -0.173. The number of methoxy groups -OCH3 is 1. The summed E-state index contributed by atoms with van der Waals surface area (Å²) in [6.07, 6.45) is 0. The van der Waals surface area contributed by atoms with Crippen molar-refractivity contribution >= 4 is 47.1 Å². The van der Waals surface area contributed by atoms with Gasteiger partial charge in [0.2, 0.25) is 12.7 Å². The quantitative estimate of drug-likeness (QED) is 0.170. The van der Waals surface area contributed by atoms with Crippen LogP contribution in [0.4, 0.5) is 0 Å². The third-order valence-electron chi connectivity index (χ3n) is 5.39. The second-order valence-corrected chi connectivity index (χ2v) is 11.4. The van der Waals surface area contributed by atoms with Gasteiger partial charge in [0.1, 0.15) is 28.7 Å². The van der Waals surface area contributed by atoms with Crippen molar-refractivity contribution in [3.8, 4) is 0 Å². The van der Waals surface area contributed by atoms with Gasteiger partial charge in [0.15, 0.2) is 5.82 Å². The molecule has 1 saturated heterocycles. The Morgan fingerprint density at radius 1 is 1.28 bits per heavy atom. The van der Waals surface area contributed by atoms with Gasteiger partial charge in [-0.05, 0) is 39.3 Å². The molecule has 2 N–H and O–H groups in total. The van der Waals surface area contributed by atoms with Gasteiger partial charge in [-0.3, -0.25) is 14.5 Å². The van der Waals surface area contributed by atoms with Gasteiger partial charge >= 0.3 is 11.9 Å². The lowest BCUT2D eigenvalue weighted by Gasteiger charge is -2.48. The summed E-state index contributed by atoms with van der Waals surface area (Å²) in [5.74, 6) is 0.219. The summed E-state index contributed by atoms with van der Waals surface area (Å²) in [6.45, 7) is 6.66. The fourth-order valence-corrected chi connectivity index (χ4v) is 6.03. The number of nitrogens with two attached hydrogens (primary N) is 1. The number of rotatable bonds is 8. The molecule has 4 heterocycles. The first kappa shape index (κ1) is 26.4. The average molecular weight is 537 g/mol. The molecule has 0 saturated carbocycles. The number of hydrogen-bond donors (Lipinski definition) is 1. The fraction of sp³-hybridized carbons (Fsp3) is 0.545. The van der Waals surface area contributed by atoms with Gasteiger partial charge in [-0.25, -0.2) is 9.78 Å². The van der Waals surface area contributed by atoms with Gasteiger partial charge in [-0.15, -0.1) is 28.6 Å². The second-order valence-electron chi connectivity index (χ2n) is 9.32. The second kappa shape index (κ2) is 10.4. The first-order chi connectivity index (χ1) is 17.0. The molecule has 14 heteroatoms. The molecule has 36 heavy (non-hydrogen) atoms. The summed E-state index contributed by atoms with van der Waals surface area (Å²) in [4.78, 5) is 47.8. The predicted octanol–water partition coefficient (Wildman–Crippen LogP) is 1.26. The molecular weight excluding hydrogens is 508 g/mol. The molecule has 2 aromatic heterocycles. The number of carbonyl (C=O) groups is 3. The highest BCUT2D eigenvalue weighted by molar-refractivity contribution is 8.01. The zero-order valence-corrected chi connectivity index (χ0v) is 22.3. The summed E-state index contributed by atoms with van der Waals surface area (Å²) in [7, 11) is 1.56. The smallest absolute Gasteiger partial charge is 0.357 e. The van der Waals surface area contributed by atoms with E-state index in [9.17, 15) is 14.4 Å². The highest BCUT2D eigenvalue weighted by Crippen LogP contribution is 2.41. The minimum Gasteiger partial charge on any atom is -0.427 e. The Hall–Kier alpha value is -2.68. The monoisotopic (exact) mass is 536 g/mol. The van der Waals surface area contributed by atoms with E-state index >= 15 is 0 Å². The normalized spacial score (nSPS) is 19.8. The Balaban J connectivity index is 1.56. The van der Waals surface area contributed by atoms with Crippen molar-refractivity contribution in [3.63, 3.8) is 0 Å². The van der Waals surface area contributed by atoms with Gasteiger partial charge < -0.3 is 19.9 Å². The summed E-state index contributed by atoms with van der Waals surface area (Å²) < 4.78 is 17.1. The fourth-order valence-electron chi connectivity index (χ4n) is 3.55. The van der Waals surface area contributed by atoms with Crippen LogP contribution < -0.4 is 5.73 Å². The number of hydrogen-bond acceptors (Lipinski definition) is 12. The number of amides is 1. The average Bonchev–Trinajstić information content (AvgIpc) is 3.23. The molecule has 2 atom stereocenters. The van der Waals surface area contributed by atoms with E-state index in [-0.39, 0.29) is 23.6 Å². The Morgan fingerprint density at radius 3 is 2.72 bits per heavy atom. The van der Waals surface area contributed by atoms with Crippen molar-refractivity contribution in [2.75, 3.05) is 25.4 Å². The van der Waals surface area contributed by atoms with E-state index in [1.165, 1.54) is 28.4 Å². The lowest BCUT2D eigenvalue weighted by atomic mass is 9.98. The van der Waals surface area contributed by atoms with E-state index in [1.54, 1.807) is 32.4 Å². The summed E-state index contributed by atoms with van der Waals surface area (Å²) in [5, 5.41) is 4.88. The van der Waals surface area contributed by atoms with Crippen molar-refractivity contribution in [2.24, 2.45) is 11.1 Å². The number of carbonyl (C=O) groups excluding carboxylic acids is 3. The van der Waals surface area contributed by atoms with Crippen molar-refractivity contribution in [2.45, 2.75) is 50.7 Å². The Kier molecular flexibility index (Phi) is 7.59. The molecule has 0 aliphatic carbocycles. The zero-order valence-electron chi connectivity index (χ0n) is 20.6. The number of fused-ring (bicyclic) bond motifs is 2. The Labute approximate surface area is 216 Å². The van der Waals surface area contributed by atoms with Gasteiger partial charge in [-0.1, -0.05) is 0 Å². The van der Waals surface area contributed by atoms with E-state index in [0.29, 0.717) is 28.7 Å². The van der Waals surface area contributed by atoms with Crippen LogP contribution >= 0.6 is 23.5 Å².